The molecule has 4 heteroatoms. The first-order chi connectivity index (χ1) is 21.0. The SMILES string of the molecule is CCCCCCCCCCCCCCCCCC[N+](C)(C)CCCCCCCCCCCCCCCCCC.NCCO.[Br-]. The summed E-state index contributed by atoms with van der Waals surface area (Å²) in [5.41, 5.74) is 4.78. The minimum atomic E-state index is 0. The minimum absolute atomic E-state index is 0. The van der Waals surface area contributed by atoms with Crippen molar-refractivity contribution in [3.8, 4) is 0 Å². The fraction of sp³-hybridized carbons (Fsp3) is 1.00. The molecule has 0 aromatic heterocycles. The lowest BCUT2D eigenvalue weighted by molar-refractivity contribution is -0.890. The molecule has 0 saturated heterocycles. The Morgan fingerprint density at radius 3 is 0.682 bits per heavy atom. The Bertz CT molecular complexity index is 434. The molecule has 0 atom stereocenters. The Labute approximate surface area is 291 Å². The van der Waals surface area contributed by atoms with Crippen LogP contribution in [0, 0.1) is 0 Å². The van der Waals surface area contributed by atoms with Crippen LogP contribution >= 0.6 is 0 Å². The number of aliphatic hydroxyl groups excluding tert-OH is 1. The minimum Gasteiger partial charge on any atom is -1.00 e. The zero-order valence-electron chi connectivity index (χ0n) is 31.3. The van der Waals surface area contributed by atoms with Crippen molar-refractivity contribution >= 4 is 0 Å². The second kappa shape index (κ2) is 43.4. The van der Waals surface area contributed by atoms with E-state index in [0.29, 0.717) is 6.54 Å². The molecule has 0 spiro atoms. The number of halogens is 1. The summed E-state index contributed by atoms with van der Waals surface area (Å²) >= 11 is 0. The van der Waals surface area contributed by atoms with Crippen LogP contribution in [-0.4, -0.2) is 49.9 Å². The molecule has 0 amide bonds. The third-order valence-electron chi connectivity index (χ3n) is 9.36. The summed E-state index contributed by atoms with van der Waals surface area (Å²) < 4.78 is 1.25. The second-order valence-corrected chi connectivity index (χ2v) is 14.5. The number of hydrogen-bond donors (Lipinski definition) is 2. The second-order valence-electron chi connectivity index (χ2n) is 14.5. The standard InChI is InChI=1S/C38H80N.C2H7NO.BrH/c1-5-7-9-11-13-15-17-19-21-23-25-27-29-31-33-35-37-39(3,4)38-36-34-32-30-28-26-24-22-20-18-16-14-12-10-8-6-2;3-1-2-4;/h5-38H2,1-4H3;4H,1-3H2;1H/q+1;;/p-1. The number of rotatable bonds is 35. The van der Waals surface area contributed by atoms with E-state index in [2.05, 4.69) is 27.9 Å². The lowest BCUT2D eigenvalue weighted by atomic mass is 10.0. The monoisotopic (exact) mass is 691 g/mol. The lowest BCUT2D eigenvalue weighted by Gasteiger charge is -2.30. The van der Waals surface area contributed by atoms with Crippen LogP contribution < -0.4 is 22.7 Å². The predicted molar refractivity (Wildman–Crippen MR) is 197 cm³/mol. The first-order valence-corrected chi connectivity index (χ1v) is 20.2. The van der Waals surface area contributed by atoms with Gasteiger partial charge in [-0.05, 0) is 25.7 Å². The van der Waals surface area contributed by atoms with Gasteiger partial charge in [-0.1, -0.05) is 194 Å². The molecule has 0 saturated carbocycles. The summed E-state index contributed by atoms with van der Waals surface area (Å²) in [5, 5.41) is 7.75. The summed E-state index contributed by atoms with van der Waals surface area (Å²) in [6.45, 7) is 7.86. The largest absolute Gasteiger partial charge is 1.00 e. The molecule has 0 aliphatic heterocycles. The van der Waals surface area contributed by atoms with Crippen molar-refractivity contribution < 1.29 is 26.6 Å². The first-order valence-electron chi connectivity index (χ1n) is 20.2. The topological polar surface area (TPSA) is 46.2 Å². The lowest BCUT2D eigenvalue weighted by Crippen LogP contribution is -3.00. The van der Waals surface area contributed by atoms with Crippen molar-refractivity contribution in [3.63, 3.8) is 0 Å². The first kappa shape index (κ1) is 48.8. The van der Waals surface area contributed by atoms with Crippen LogP contribution in [0.4, 0.5) is 0 Å². The fourth-order valence-electron chi connectivity index (χ4n) is 6.29. The van der Waals surface area contributed by atoms with E-state index < -0.39 is 0 Å². The van der Waals surface area contributed by atoms with Gasteiger partial charge >= 0.3 is 0 Å². The molecular formula is C40H87BrN2O. The van der Waals surface area contributed by atoms with Gasteiger partial charge in [-0.15, -0.1) is 0 Å². The number of nitrogens with zero attached hydrogens (tertiary/aromatic N) is 1. The van der Waals surface area contributed by atoms with Gasteiger partial charge < -0.3 is 32.3 Å². The van der Waals surface area contributed by atoms with Gasteiger partial charge in [-0.3, -0.25) is 0 Å². The molecule has 0 rings (SSSR count). The molecule has 3 nitrogen and oxygen atoms in total. The summed E-state index contributed by atoms with van der Waals surface area (Å²) in [7, 11) is 4.94. The van der Waals surface area contributed by atoms with Gasteiger partial charge in [0, 0.05) is 6.54 Å². The summed E-state index contributed by atoms with van der Waals surface area (Å²) in [4.78, 5) is 0. The molecule has 0 aromatic rings. The molecule has 0 heterocycles. The highest BCUT2D eigenvalue weighted by Crippen LogP contribution is 2.16. The summed E-state index contributed by atoms with van der Waals surface area (Å²) in [6.07, 6.45) is 46.9. The van der Waals surface area contributed by atoms with Crippen molar-refractivity contribution in [1.82, 2.24) is 0 Å². The van der Waals surface area contributed by atoms with Gasteiger partial charge in [0.2, 0.25) is 0 Å². The maximum atomic E-state index is 7.75. The van der Waals surface area contributed by atoms with Crippen LogP contribution in [0.25, 0.3) is 0 Å². The Morgan fingerprint density at radius 1 is 0.364 bits per heavy atom. The summed E-state index contributed by atoms with van der Waals surface area (Å²) in [5.74, 6) is 0. The van der Waals surface area contributed by atoms with E-state index in [1.165, 1.54) is 223 Å². The van der Waals surface area contributed by atoms with E-state index in [0.717, 1.165) is 0 Å². The van der Waals surface area contributed by atoms with Crippen molar-refractivity contribution in [1.29, 1.82) is 0 Å². The zero-order chi connectivity index (χ0) is 32.0. The van der Waals surface area contributed by atoms with Crippen LogP contribution in [-0.2, 0) is 0 Å². The van der Waals surface area contributed by atoms with Gasteiger partial charge in [0.25, 0.3) is 0 Å². The van der Waals surface area contributed by atoms with Crippen molar-refractivity contribution in [2.45, 2.75) is 219 Å². The highest BCUT2D eigenvalue weighted by atomic mass is 79.9. The van der Waals surface area contributed by atoms with Crippen LogP contribution in [0.1, 0.15) is 219 Å². The number of hydrogen-bond acceptors (Lipinski definition) is 2. The highest BCUT2D eigenvalue weighted by molar-refractivity contribution is 4.52. The van der Waals surface area contributed by atoms with E-state index >= 15 is 0 Å². The molecule has 0 radical (unpaired) electrons. The Balaban J connectivity index is -0.00000315. The molecule has 0 bridgehead atoms. The average Bonchev–Trinajstić information content (AvgIpc) is 3.00. The fourth-order valence-corrected chi connectivity index (χ4v) is 6.29. The molecule has 0 unspecified atom stereocenters. The number of quaternary nitrogens is 1. The normalized spacial score (nSPS) is 11.3. The van der Waals surface area contributed by atoms with Gasteiger partial charge in [0.15, 0.2) is 0 Å². The van der Waals surface area contributed by atoms with Crippen LogP contribution in [0.3, 0.4) is 0 Å². The molecular weight excluding hydrogens is 604 g/mol. The molecule has 270 valence electrons. The van der Waals surface area contributed by atoms with Crippen molar-refractivity contribution in [2.75, 3.05) is 40.3 Å². The maximum Gasteiger partial charge on any atom is 0.0782 e. The Morgan fingerprint density at radius 2 is 0.523 bits per heavy atom. The number of unbranched alkanes of at least 4 members (excludes halogenated alkanes) is 30. The maximum absolute atomic E-state index is 7.75. The molecule has 0 aliphatic carbocycles. The predicted octanol–water partition coefficient (Wildman–Crippen LogP) is 9.53. The van der Waals surface area contributed by atoms with E-state index in [9.17, 15) is 0 Å². The van der Waals surface area contributed by atoms with Crippen LogP contribution in [0.2, 0.25) is 0 Å². The zero-order valence-corrected chi connectivity index (χ0v) is 32.9. The molecule has 0 aliphatic rings. The smallest absolute Gasteiger partial charge is 0.0782 e. The van der Waals surface area contributed by atoms with E-state index in [4.69, 9.17) is 10.8 Å². The number of aliphatic hydroxyl groups is 1. The average molecular weight is 692 g/mol. The van der Waals surface area contributed by atoms with E-state index in [-0.39, 0.29) is 23.6 Å². The van der Waals surface area contributed by atoms with Gasteiger partial charge in [-0.25, -0.2) is 0 Å². The van der Waals surface area contributed by atoms with Gasteiger partial charge in [0.1, 0.15) is 0 Å². The van der Waals surface area contributed by atoms with Crippen molar-refractivity contribution in [3.05, 3.63) is 0 Å². The van der Waals surface area contributed by atoms with E-state index in [1.807, 2.05) is 0 Å². The third kappa shape index (κ3) is 46.8. The highest BCUT2D eigenvalue weighted by Gasteiger charge is 2.13. The summed E-state index contributed by atoms with van der Waals surface area (Å²) in [6, 6.07) is 0. The number of nitrogens with two attached hydrogens (primary N) is 1. The Hall–Kier alpha value is 0.360. The molecule has 0 aromatic carbocycles. The molecule has 0 fully saturated rings. The van der Waals surface area contributed by atoms with Crippen LogP contribution in [0.5, 0.6) is 0 Å². The van der Waals surface area contributed by atoms with Crippen LogP contribution in [0.15, 0.2) is 0 Å². The quantitative estimate of drug-likeness (QED) is 0.0514. The molecule has 44 heavy (non-hydrogen) atoms. The van der Waals surface area contributed by atoms with Crippen molar-refractivity contribution in [2.24, 2.45) is 5.73 Å². The van der Waals surface area contributed by atoms with Gasteiger partial charge in [0.05, 0.1) is 33.8 Å². The molecule has 3 N–H and O–H groups in total. The third-order valence-corrected chi connectivity index (χ3v) is 9.36. The van der Waals surface area contributed by atoms with E-state index in [1.54, 1.807) is 0 Å². The Kier molecular flexibility index (Phi) is 48.0. The van der Waals surface area contributed by atoms with Gasteiger partial charge in [-0.2, -0.15) is 0 Å².